The fraction of sp³-hybridized carbons (Fsp3) is 0.875. The van der Waals surface area contributed by atoms with Gasteiger partial charge in [0.15, 0.2) is 0 Å². The normalized spacial score (nSPS) is 12.9. The van der Waals surface area contributed by atoms with Crippen LogP contribution in [-0.2, 0) is 4.79 Å². The summed E-state index contributed by atoms with van der Waals surface area (Å²) < 4.78 is 0. The Bertz CT molecular complexity index is 109. The van der Waals surface area contributed by atoms with Crippen LogP contribution in [0.2, 0.25) is 0 Å². The molecule has 0 aromatic heterocycles. The van der Waals surface area contributed by atoms with E-state index in [1.807, 2.05) is 0 Å². The molecule has 0 spiro atoms. The van der Waals surface area contributed by atoms with E-state index in [0.29, 0.717) is 18.9 Å². The fourth-order valence-electron chi connectivity index (χ4n) is 1.28. The largest absolute Gasteiger partial charge is 0.370 e. The van der Waals surface area contributed by atoms with Crippen molar-refractivity contribution in [2.24, 2.45) is 17.4 Å². The van der Waals surface area contributed by atoms with Crippen LogP contribution in [-0.4, -0.2) is 12.5 Å². The number of hydrogen-bond acceptors (Lipinski definition) is 2. The predicted octanol–water partition coefficient (Wildman–Crippen LogP) is 0.627. The van der Waals surface area contributed by atoms with Crippen LogP contribution in [0.3, 0.4) is 0 Å². The molecular formula is C8H18N2O. The average molecular weight is 158 g/mol. The van der Waals surface area contributed by atoms with Crippen LogP contribution in [0.1, 0.15) is 32.6 Å². The van der Waals surface area contributed by atoms with Gasteiger partial charge in [-0.15, -0.1) is 0 Å². The summed E-state index contributed by atoms with van der Waals surface area (Å²) in [5.41, 5.74) is 10.5. The lowest BCUT2D eigenvalue weighted by atomic mass is 9.96. The number of amides is 1. The van der Waals surface area contributed by atoms with Gasteiger partial charge in [-0.2, -0.15) is 0 Å². The second kappa shape index (κ2) is 6.16. The highest BCUT2D eigenvalue weighted by molar-refractivity contribution is 5.73. The van der Waals surface area contributed by atoms with Crippen molar-refractivity contribution in [3.63, 3.8) is 0 Å². The highest BCUT2D eigenvalue weighted by atomic mass is 16.1. The molecular weight excluding hydrogens is 140 g/mol. The lowest BCUT2D eigenvalue weighted by Crippen LogP contribution is -2.18. The highest BCUT2D eigenvalue weighted by Gasteiger charge is 2.09. The van der Waals surface area contributed by atoms with E-state index in [9.17, 15) is 4.79 Å². The first-order valence-electron chi connectivity index (χ1n) is 4.19. The maximum atomic E-state index is 10.5. The molecule has 0 aliphatic rings. The summed E-state index contributed by atoms with van der Waals surface area (Å²) in [5.74, 6) is 0.194. The first kappa shape index (κ1) is 10.4. The van der Waals surface area contributed by atoms with Gasteiger partial charge in [-0.25, -0.2) is 0 Å². The topological polar surface area (TPSA) is 69.1 Å². The molecule has 0 rings (SSSR count). The van der Waals surface area contributed by atoms with Gasteiger partial charge in [0.1, 0.15) is 0 Å². The zero-order valence-electron chi connectivity index (χ0n) is 7.18. The first-order valence-corrected chi connectivity index (χ1v) is 4.19. The van der Waals surface area contributed by atoms with Crippen LogP contribution in [0, 0.1) is 5.92 Å². The summed E-state index contributed by atoms with van der Waals surface area (Å²) in [6.07, 6.45) is 3.56. The molecule has 0 saturated heterocycles. The molecule has 0 aromatic carbocycles. The van der Waals surface area contributed by atoms with Crippen molar-refractivity contribution in [3.05, 3.63) is 0 Å². The summed E-state index contributed by atoms with van der Waals surface area (Å²) in [4.78, 5) is 10.5. The van der Waals surface area contributed by atoms with Crippen molar-refractivity contribution >= 4 is 5.91 Å². The molecule has 1 atom stereocenters. The molecule has 11 heavy (non-hydrogen) atoms. The van der Waals surface area contributed by atoms with Gasteiger partial charge in [0.25, 0.3) is 0 Å². The van der Waals surface area contributed by atoms with Crippen molar-refractivity contribution < 1.29 is 4.79 Å². The van der Waals surface area contributed by atoms with E-state index in [2.05, 4.69) is 6.92 Å². The molecule has 0 saturated carbocycles. The Balaban J connectivity index is 3.59. The minimum absolute atomic E-state index is 0.211. The number of nitrogens with two attached hydrogens (primary N) is 2. The van der Waals surface area contributed by atoms with E-state index >= 15 is 0 Å². The van der Waals surface area contributed by atoms with Gasteiger partial charge in [-0.1, -0.05) is 19.8 Å². The van der Waals surface area contributed by atoms with Crippen LogP contribution in [0.15, 0.2) is 0 Å². The van der Waals surface area contributed by atoms with Crippen molar-refractivity contribution in [1.29, 1.82) is 0 Å². The predicted molar refractivity (Wildman–Crippen MR) is 45.9 cm³/mol. The first-order chi connectivity index (χ1) is 5.20. The lowest BCUT2D eigenvalue weighted by molar-refractivity contribution is -0.119. The molecule has 0 aromatic rings. The summed E-state index contributed by atoms with van der Waals surface area (Å²) in [6.45, 7) is 2.75. The summed E-state index contributed by atoms with van der Waals surface area (Å²) >= 11 is 0. The zero-order chi connectivity index (χ0) is 8.69. The minimum Gasteiger partial charge on any atom is -0.370 e. The lowest BCUT2D eigenvalue weighted by Gasteiger charge is -2.11. The summed E-state index contributed by atoms with van der Waals surface area (Å²) in [5, 5.41) is 0. The number of hydrogen-bond donors (Lipinski definition) is 2. The average Bonchev–Trinajstić information content (AvgIpc) is 1.87. The summed E-state index contributed by atoms with van der Waals surface area (Å²) in [6, 6.07) is 0. The Morgan fingerprint density at radius 3 is 2.45 bits per heavy atom. The van der Waals surface area contributed by atoms with E-state index in [4.69, 9.17) is 11.5 Å². The van der Waals surface area contributed by atoms with Crippen molar-refractivity contribution in [3.8, 4) is 0 Å². The SMILES string of the molecule is CCCC(CCN)CC(N)=O. The second-order valence-corrected chi connectivity index (χ2v) is 2.90. The van der Waals surface area contributed by atoms with E-state index in [1.54, 1.807) is 0 Å². The molecule has 0 heterocycles. The second-order valence-electron chi connectivity index (χ2n) is 2.90. The quantitative estimate of drug-likeness (QED) is 0.595. The third-order valence-corrected chi connectivity index (χ3v) is 1.76. The van der Waals surface area contributed by atoms with E-state index in [-0.39, 0.29) is 5.91 Å². The van der Waals surface area contributed by atoms with E-state index in [0.717, 1.165) is 19.3 Å². The van der Waals surface area contributed by atoms with Crippen LogP contribution in [0.5, 0.6) is 0 Å². The molecule has 3 nitrogen and oxygen atoms in total. The highest BCUT2D eigenvalue weighted by Crippen LogP contribution is 2.13. The van der Waals surface area contributed by atoms with Crippen LogP contribution in [0.4, 0.5) is 0 Å². The molecule has 0 aliphatic heterocycles. The van der Waals surface area contributed by atoms with Gasteiger partial charge in [0.2, 0.25) is 5.91 Å². The fourth-order valence-corrected chi connectivity index (χ4v) is 1.28. The van der Waals surface area contributed by atoms with E-state index < -0.39 is 0 Å². The van der Waals surface area contributed by atoms with Gasteiger partial charge in [-0.3, -0.25) is 4.79 Å². The Hall–Kier alpha value is -0.570. The molecule has 66 valence electrons. The van der Waals surface area contributed by atoms with Gasteiger partial charge in [0, 0.05) is 6.42 Å². The molecule has 1 amide bonds. The Labute approximate surface area is 68.1 Å². The maximum Gasteiger partial charge on any atom is 0.217 e. The molecule has 0 bridgehead atoms. The molecule has 0 radical (unpaired) electrons. The van der Waals surface area contributed by atoms with Gasteiger partial charge in [0.05, 0.1) is 0 Å². The minimum atomic E-state index is -0.211. The Morgan fingerprint density at radius 1 is 1.45 bits per heavy atom. The van der Waals surface area contributed by atoms with Crippen molar-refractivity contribution in [1.82, 2.24) is 0 Å². The molecule has 0 fully saturated rings. The standard InChI is InChI=1S/C8H18N2O/c1-2-3-7(4-5-9)6-8(10)11/h7H,2-6,9H2,1H3,(H2,10,11). The van der Waals surface area contributed by atoms with Gasteiger partial charge >= 0.3 is 0 Å². The maximum absolute atomic E-state index is 10.5. The monoisotopic (exact) mass is 158 g/mol. The number of carbonyl (C=O) groups excluding carboxylic acids is 1. The van der Waals surface area contributed by atoms with Crippen molar-refractivity contribution in [2.45, 2.75) is 32.6 Å². The number of rotatable bonds is 6. The van der Waals surface area contributed by atoms with Gasteiger partial charge < -0.3 is 11.5 Å². The number of primary amides is 1. The Morgan fingerprint density at radius 2 is 2.09 bits per heavy atom. The van der Waals surface area contributed by atoms with Crippen LogP contribution >= 0.6 is 0 Å². The van der Waals surface area contributed by atoms with Gasteiger partial charge in [-0.05, 0) is 18.9 Å². The van der Waals surface area contributed by atoms with Crippen LogP contribution < -0.4 is 11.5 Å². The molecule has 4 N–H and O–H groups in total. The molecule has 3 heteroatoms. The van der Waals surface area contributed by atoms with E-state index in [1.165, 1.54) is 0 Å². The third-order valence-electron chi connectivity index (χ3n) is 1.76. The Kier molecular flexibility index (Phi) is 5.84. The molecule has 1 unspecified atom stereocenters. The smallest absolute Gasteiger partial charge is 0.217 e. The molecule has 0 aliphatic carbocycles. The number of carbonyl (C=O) groups is 1. The van der Waals surface area contributed by atoms with Crippen molar-refractivity contribution in [2.75, 3.05) is 6.54 Å². The zero-order valence-corrected chi connectivity index (χ0v) is 7.18. The van der Waals surface area contributed by atoms with Crippen LogP contribution in [0.25, 0.3) is 0 Å². The summed E-state index contributed by atoms with van der Waals surface area (Å²) in [7, 11) is 0. The third kappa shape index (κ3) is 5.85.